The molecular weight excluding hydrogens is 340 g/mol. The summed E-state index contributed by atoms with van der Waals surface area (Å²) in [6, 6.07) is 10.2. The summed E-state index contributed by atoms with van der Waals surface area (Å²) in [4.78, 5) is 0. The number of ether oxygens (including phenoxy) is 1. The lowest BCUT2D eigenvalue weighted by atomic mass is 10.0. The van der Waals surface area contributed by atoms with Gasteiger partial charge in [0.15, 0.2) is 11.6 Å². The van der Waals surface area contributed by atoms with Gasteiger partial charge in [0, 0.05) is 16.6 Å². The molecule has 2 atom stereocenters. The van der Waals surface area contributed by atoms with Crippen LogP contribution in [0, 0.1) is 11.6 Å². The summed E-state index contributed by atoms with van der Waals surface area (Å²) in [6.07, 6.45) is 0.108. The summed E-state index contributed by atoms with van der Waals surface area (Å²) in [7, 11) is 0. The fourth-order valence-corrected chi connectivity index (χ4v) is 2.24. The third kappa shape index (κ3) is 4.02. The second kappa shape index (κ2) is 7.00. The highest BCUT2D eigenvalue weighted by molar-refractivity contribution is 9.10. The van der Waals surface area contributed by atoms with Crippen LogP contribution in [0.25, 0.3) is 0 Å². The van der Waals surface area contributed by atoms with Crippen molar-refractivity contribution in [3.05, 3.63) is 64.1 Å². The Morgan fingerprint density at radius 1 is 1.14 bits per heavy atom. The minimum absolute atomic E-state index is 0.133. The summed E-state index contributed by atoms with van der Waals surface area (Å²) >= 11 is 3.36. The molecule has 112 valence electrons. The molecule has 0 amide bonds. The first-order valence-electron chi connectivity index (χ1n) is 6.64. The van der Waals surface area contributed by atoms with E-state index in [0.717, 1.165) is 28.2 Å². The molecule has 0 aliphatic rings. The Balaban J connectivity index is 2.32. The van der Waals surface area contributed by atoms with E-state index < -0.39 is 17.7 Å². The van der Waals surface area contributed by atoms with E-state index in [0.29, 0.717) is 6.42 Å². The first kappa shape index (κ1) is 15.9. The molecule has 5 heteroatoms. The predicted molar refractivity (Wildman–Crippen MR) is 82.1 cm³/mol. The van der Waals surface area contributed by atoms with Gasteiger partial charge in [-0.2, -0.15) is 0 Å². The van der Waals surface area contributed by atoms with Gasteiger partial charge in [-0.05, 0) is 36.2 Å². The van der Waals surface area contributed by atoms with Crippen LogP contribution in [-0.4, -0.2) is 6.04 Å². The molecule has 21 heavy (non-hydrogen) atoms. The minimum atomic E-state index is -0.609. The van der Waals surface area contributed by atoms with Crippen molar-refractivity contribution in [3.8, 4) is 5.75 Å². The Morgan fingerprint density at radius 3 is 2.43 bits per heavy atom. The Bertz CT molecular complexity index is 604. The Labute approximate surface area is 131 Å². The molecular formula is C16H16BrF2NO. The first-order chi connectivity index (χ1) is 10.0. The lowest BCUT2D eigenvalue weighted by Crippen LogP contribution is -2.31. The van der Waals surface area contributed by atoms with Crippen LogP contribution >= 0.6 is 15.9 Å². The zero-order chi connectivity index (χ0) is 15.4. The fourth-order valence-electron chi connectivity index (χ4n) is 1.97. The van der Waals surface area contributed by atoms with Crippen molar-refractivity contribution in [2.45, 2.75) is 25.5 Å². The highest BCUT2D eigenvalue weighted by atomic mass is 79.9. The number of hydrogen-bond donors (Lipinski definition) is 1. The Kier molecular flexibility index (Phi) is 5.31. The highest BCUT2D eigenvalue weighted by Gasteiger charge is 2.22. The summed E-state index contributed by atoms with van der Waals surface area (Å²) in [5.41, 5.74) is 6.89. The van der Waals surface area contributed by atoms with Crippen LogP contribution in [0.5, 0.6) is 5.75 Å². The predicted octanol–water partition coefficient (Wildman–Crippen LogP) is 4.58. The molecule has 2 aromatic rings. The van der Waals surface area contributed by atoms with Gasteiger partial charge in [0.1, 0.15) is 11.9 Å². The Morgan fingerprint density at radius 2 is 1.81 bits per heavy atom. The van der Waals surface area contributed by atoms with E-state index in [-0.39, 0.29) is 11.8 Å². The molecule has 0 aliphatic carbocycles. The minimum Gasteiger partial charge on any atom is -0.481 e. The summed E-state index contributed by atoms with van der Waals surface area (Å²) in [6.45, 7) is 1.92. The largest absolute Gasteiger partial charge is 0.481 e. The molecule has 0 saturated carbocycles. The molecule has 0 saturated heterocycles. The SMILES string of the molecule is CCC(N)C(Oc1cc(F)ccc1F)c1ccc(Br)cc1. The van der Waals surface area contributed by atoms with Crippen molar-refractivity contribution in [3.63, 3.8) is 0 Å². The molecule has 2 N–H and O–H groups in total. The van der Waals surface area contributed by atoms with E-state index in [1.54, 1.807) is 0 Å². The third-order valence-electron chi connectivity index (χ3n) is 3.21. The molecule has 0 aliphatic heterocycles. The molecule has 0 spiro atoms. The maximum absolute atomic E-state index is 13.7. The second-order valence-electron chi connectivity index (χ2n) is 4.74. The van der Waals surface area contributed by atoms with E-state index >= 15 is 0 Å². The number of benzene rings is 2. The van der Waals surface area contributed by atoms with Crippen molar-refractivity contribution < 1.29 is 13.5 Å². The number of halogens is 3. The van der Waals surface area contributed by atoms with Gasteiger partial charge in [-0.25, -0.2) is 8.78 Å². The van der Waals surface area contributed by atoms with Gasteiger partial charge in [0.25, 0.3) is 0 Å². The average Bonchev–Trinajstić information content (AvgIpc) is 2.48. The van der Waals surface area contributed by atoms with Crippen LogP contribution in [-0.2, 0) is 0 Å². The Hall–Kier alpha value is -1.46. The monoisotopic (exact) mass is 355 g/mol. The summed E-state index contributed by atoms with van der Waals surface area (Å²) in [5, 5.41) is 0. The maximum Gasteiger partial charge on any atom is 0.165 e. The van der Waals surface area contributed by atoms with Crippen molar-refractivity contribution in [1.29, 1.82) is 0 Å². The molecule has 2 rings (SSSR count). The van der Waals surface area contributed by atoms with E-state index in [1.807, 2.05) is 31.2 Å². The highest BCUT2D eigenvalue weighted by Crippen LogP contribution is 2.28. The van der Waals surface area contributed by atoms with Crippen molar-refractivity contribution >= 4 is 15.9 Å². The molecule has 2 unspecified atom stereocenters. The van der Waals surface area contributed by atoms with Crippen LogP contribution in [0.3, 0.4) is 0 Å². The quantitative estimate of drug-likeness (QED) is 0.851. The summed E-state index contributed by atoms with van der Waals surface area (Å²) < 4.78 is 33.6. The van der Waals surface area contributed by atoms with Crippen molar-refractivity contribution in [2.75, 3.05) is 0 Å². The van der Waals surface area contributed by atoms with E-state index in [2.05, 4.69) is 15.9 Å². The lowest BCUT2D eigenvalue weighted by Gasteiger charge is -2.25. The second-order valence-corrected chi connectivity index (χ2v) is 5.65. The van der Waals surface area contributed by atoms with Crippen LogP contribution < -0.4 is 10.5 Å². The standard InChI is InChI=1S/C16H16BrF2NO/c1-2-14(20)16(10-3-5-11(17)6-4-10)21-15-9-12(18)7-8-13(15)19/h3-9,14,16H,2,20H2,1H3. The molecule has 0 radical (unpaired) electrons. The van der Waals surface area contributed by atoms with Crippen LogP contribution in [0.1, 0.15) is 25.0 Å². The smallest absolute Gasteiger partial charge is 0.165 e. The third-order valence-corrected chi connectivity index (χ3v) is 3.73. The van der Waals surface area contributed by atoms with Crippen LogP contribution in [0.2, 0.25) is 0 Å². The van der Waals surface area contributed by atoms with Gasteiger partial charge in [0.2, 0.25) is 0 Å². The van der Waals surface area contributed by atoms with Crippen molar-refractivity contribution in [1.82, 2.24) is 0 Å². The average molecular weight is 356 g/mol. The number of nitrogens with two attached hydrogens (primary N) is 1. The molecule has 0 fully saturated rings. The molecule has 2 aromatic carbocycles. The van der Waals surface area contributed by atoms with E-state index in [9.17, 15) is 8.78 Å². The zero-order valence-electron chi connectivity index (χ0n) is 11.5. The van der Waals surface area contributed by atoms with E-state index in [1.165, 1.54) is 0 Å². The first-order valence-corrected chi connectivity index (χ1v) is 7.43. The van der Waals surface area contributed by atoms with Gasteiger partial charge in [0.05, 0.1) is 0 Å². The van der Waals surface area contributed by atoms with Crippen LogP contribution in [0.4, 0.5) is 8.78 Å². The maximum atomic E-state index is 13.7. The fraction of sp³-hybridized carbons (Fsp3) is 0.250. The van der Waals surface area contributed by atoms with Gasteiger partial charge in [-0.15, -0.1) is 0 Å². The van der Waals surface area contributed by atoms with E-state index in [4.69, 9.17) is 10.5 Å². The van der Waals surface area contributed by atoms with Gasteiger partial charge >= 0.3 is 0 Å². The normalized spacial score (nSPS) is 13.8. The number of hydrogen-bond acceptors (Lipinski definition) is 2. The molecule has 0 bridgehead atoms. The zero-order valence-corrected chi connectivity index (χ0v) is 13.1. The van der Waals surface area contributed by atoms with Gasteiger partial charge in [-0.1, -0.05) is 35.0 Å². The van der Waals surface area contributed by atoms with Crippen molar-refractivity contribution in [2.24, 2.45) is 5.73 Å². The van der Waals surface area contributed by atoms with Crippen LogP contribution in [0.15, 0.2) is 46.9 Å². The summed E-state index contributed by atoms with van der Waals surface area (Å²) in [5.74, 6) is -1.29. The number of rotatable bonds is 5. The topological polar surface area (TPSA) is 35.2 Å². The van der Waals surface area contributed by atoms with Gasteiger partial charge < -0.3 is 10.5 Å². The molecule has 0 heterocycles. The lowest BCUT2D eigenvalue weighted by molar-refractivity contribution is 0.163. The molecule has 0 aromatic heterocycles. The molecule has 2 nitrogen and oxygen atoms in total. The van der Waals surface area contributed by atoms with Gasteiger partial charge in [-0.3, -0.25) is 0 Å².